The lowest BCUT2D eigenvalue weighted by atomic mass is 10.2. The Morgan fingerprint density at radius 1 is 1.33 bits per heavy atom. The first-order valence-corrected chi connectivity index (χ1v) is 5.52. The third kappa shape index (κ3) is 3.41. The average Bonchev–Trinajstić information content (AvgIpc) is 2.56. The number of carbonyl (C=O) groups excluding carboxylic acids is 2. The van der Waals surface area contributed by atoms with Gasteiger partial charge in [0, 0.05) is 6.42 Å². The van der Waals surface area contributed by atoms with Gasteiger partial charge in [0.25, 0.3) is 0 Å². The monoisotopic (exact) mass is 261 g/mol. The van der Waals surface area contributed by atoms with Gasteiger partial charge in [-0.15, -0.1) is 0 Å². The molecule has 2 atom stereocenters. The molecule has 0 aromatic heterocycles. The molecule has 1 heterocycles. The van der Waals surface area contributed by atoms with Gasteiger partial charge in [-0.25, -0.2) is 14.0 Å². The highest BCUT2D eigenvalue weighted by molar-refractivity contribution is 6.33. The summed E-state index contributed by atoms with van der Waals surface area (Å²) >= 11 is 0. The maximum atomic E-state index is 13.1. The maximum Gasteiger partial charge on any atom is 0.397 e. The zero-order valence-corrected chi connectivity index (χ0v) is 10.5. The minimum atomic E-state index is -1.43. The van der Waals surface area contributed by atoms with Crippen molar-refractivity contribution in [1.82, 2.24) is 4.90 Å². The van der Waals surface area contributed by atoms with Crippen LogP contribution in [-0.4, -0.2) is 52.2 Å². The van der Waals surface area contributed by atoms with Crippen LogP contribution in [0, 0.1) is 0 Å². The summed E-state index contributed by atoms with van der Waals surface area (Å²) in [4.78, 5) is 34.8. The molecule has 1 fully saturated rings. The minimum absolute atomic E-state index is 0.302. The van der Waals surface area contributed by atoms with Gasteiger partial charge in [-0.05, 0) is 20.8 Å². The molecule has 2 unspecified atom stereocenters. The van der Waals surface area contributed by atoms with E-state index in [1.54, 1.807) is 20.8 Å². The Hall–Kier alpha value is -1.66. The van der Waals surface area contributed by atoms with Crippen molar-refractivity contribution in [2.75, 3.05) is 6.54 Å². The number of carbonyl (C=O) groups is 3. The zero-order chi connectivity index (χ0) is 14.1. The van der Waals surface area contributed by atoms with Crippen molar-refractivity contribution in [3.8, 4) is 0 Å². The molecule has 0 radical (unpaired) electrons. The molecule has 1 rings (SSSR count). The van der Waals surface area contributed by atoms with Crippen molar-refractivity contribution in [3.05, 3.63) is 0 Å². The van der Waals surface area contributed by atoms with Gasteiger partial charge >= 0.3 is 17.8 Å². The number of carboxylic acids is 1. The summed E-state index contributed by atoms with van der Waals surface area (Å²) in [6.45, 7) is 4.34. The van der Waals surface area contributed by atoms with E-state index < -0.39 is 42.2 Å². The predicted molar refractivity (Wildman–Crippen MR) is 58.5 cm³/mol. The van der Waals surface area contributed by atoms with Crippen LogP contribution >= 0.6 is 0 Å². The molecule has 7 heteroatoms. The first kappa shape index (κ1) is 14.4. The second kappa shape index (κ2) is 4.91. The molecule has 1 aliphatic heterocycles. The number of carboxylic acid groups (broad SMARTS) is 1. The lowest BCUT2D eigenvalue weighted by Gasteiger charge is -2.23. The van der Waals surface area contributed by atoms with Gasteiger partial charge < -0.3 is 14.7 Å². The Kier molecular flexibility index (Phi) is 3.93. The zero-order valence-electron chi connectivity index (χ0n) is 10.5. The van der Waals surface area contributed by atoms with Gasteiger partial charge in [0.1, 0.15) is 17.8 Å². The van der Waals surface area contributed by atoms with Crippen LogP contribution in [0.4, 0.5) is 4.39 Å². The van der Waals surface area contributed by atoms with Crippen molar-refractivity contribution in [3.63, 3.8) is 0 Å². The van der Waals surface area contributed by atoms with Crippen LogP contribution in [0.1, 0.15) is 27.2 Å². The quantitative estimate of drug-likeness (QED) is 0.544. The van der Waals surface area contributed by atoms with Crippen molar-refractivity contribution in [2.45, 2.75) is 45.0 Å². The van der Waals surface area contributed by atoms with E-state index in [1.807, 2.05) is 0 Å². The first-order valence-electron chi connectivity index (χ1n) is 5.52. The number of alkyl halides is 1. The molecule has 18 heavy (non-hydrogen) atoms. The molecule has 0 spiro atoms. The third-order valence-electron chi connectivity index (χ3n) is 2.37. The van der Waals surface area contributed by atoms with Crippen molar-refractivity contribution in [2.24, 2.45) is 0 Å². The van der Waals surface area contributed by atoms with Gasteiger partial charge in [-0.2, -0.15) is 0 Å². The van der Waals surface area contributed by atoms with Crippen LogP contribution in [0.25, 0.3) is 0 Å². The van der Waals surface area contributed by atoms with Crippen LogP contribution in [0.2, 0.25) is 0 Å². The molecule has 102 valence electrons. The van der Waals surface area contributed by atoms with E-state index in [9.17, 15) is 18.8 Å². The van der Waals surface area contributed by atoms with Crippen LogP contribution in [0.15, 0.2) is 0 Å². The van der Waals surface area contributed by atoms with E-state index >= 15 is 0 Å². The number of hydrogen-bond donors (Lipinski definition) is 1. The normalized spacial score (nSPS) is 23.9. The Bertz CT molecular complexity index is 376. The van der Waals surface area contributed by atoms with E-state index in [1.165, 1.54) is 0 Å². The van der Waals surface area contributed by atoms with Gasteiger partial charge in [0.15, 0.2) is 0 Å². The van der Waals surface area contributed by atoms with E-state index in [2.05, 4.69) is 0 Å². The Morgan fingerprint density at radius 2 is 1.89 bits per heavy atom. The summed E-state index contributed by atoms with van der Waals surface area (Å²) in [6.07, 6.45) is -1.73. The summed E-state index contributed by atoms with van der Waals surface area (Å²) in [5, 5.41) is 8.85. The highest BCUT2D eigenvalue weighted by Crippen LogP contribution is 2.21. The largest absolute Gasteiger partial charge is 0.480 e. The number of nitrogens with zero attached hydrogens (tertiary/aromatic N) is 1. The number of aliphatic carboxylic acids is 1. The first-order chi connectivity index (χ1) is 8.11. The number of likely N-dealkylation sites (tertiary alicyclic amines) is 1. The second-order valence-corrected chi connectivity index (χ2v) is 5.15. The van der Waals surface area contributed by atoms with Gasteiger partial charge in [0.2, 0.25) is 0 Å². The molecule has 1 N–H and O–H groups in total. The highest BCUT2D eigenvalue weighted by Gasteiger charge is 2.43. The van der Waals surface area contributed by atoms with Crippen LogP contribution in [-0.2, 0) is 19.1 Å². The fourth-order valence-electron chi connectivity index (χ4n) is 1.68. The average molecular weight is 261 g/mol. The molecular formula is C11H16FNO5. The van der Waals surface area contributed by atoms with Crippen LogP contribution in [0.5, 0.6) is 0 Å². The predicted octanol–water partition coefficient (Wildman–Crippen LogP) is 0.352. The lowest BCUT2D eigenvalue weighted by Crippen LogP contribution is -2.46. The summed E-state index contributed by atoms with van der Waals surface area (Å²) in [7, 11) is 0. The Balaban J connectivity index is 2.77. The number of halogens is 1. The van der Waals surface area contributed by atoms with Crippen molar-refractivity contribution >= 4 is 17.8 Å². The maximum absolute atomic E-state index is 13.1. The van der Waals surface area contributed by atoms with Crippen LogP contribution in [0.3, 0.4) is 0 Å². The fraction of sp³-hybridized carbons (Fsp3) is 0.727. The standard InChI is InChI=1S/C11H16FNO5/c1-11(2,3)18-10(17)8(14)13-5-6(12)4-7(13)9(15)16/h6-7H,4-5H2,1-3H3,(H,15,16). The summed E-state index contributed by atoms with van der Waals surface area (Å²) in [5.41, 5.74) is -0.861. The van der Waals surface area contributed by atoms with Gasteiger partial charge in [-0.1, -0.05) is 0 Å². The molecule has 0 aromatic rings. The third-order valence-corrected chi connectivity index (χ3v) is 2.37. The number of hydrogen-bond acceptors (Lipinski definition) is 4. The molecular weight excluding hydrogens is 245 g/mol. The Morgan fingerprint density at radius 3 is 2.33 bits per heavy atom. The van der Waals surface area contributed by atoms with Crippen molar-refractivity contribution < 1.29 is 28.6 Å². The van der Waals surface area contributed by atoms with Gasteiger partial charge in [-0.3, -0.25) is 4.79 Å². The molecule has 0 bridgehead atoms. The molecule has 1 amide bonds. The minimum Gasteiger partial charge on any atom is -0.480 e. The van der Waals surface area contributed by atoms with E-state index in [0.29, 0.717) is 4.90 Å². The highest BCUT2D eigenvalue weighted by atomic mass is 19.1. The van der Waals surface area contributed by atoms with Gasteiger partial charge in [0.05, 0.1) is 6.54 Å². The Labute approximate surface area is 104 Å². The van der Waals surface area contributed by atoms with E-state index in [-0.39, 0.29) is 6.42 Å². The second-order valence-electron chi connectivity index (χ2n) is 5.15. The summed E-state index contributed by atoms with van der Waals surface area (Å²) in [5.74, 6) is -3.60. The van der Waals surface area contributed by atoms with Crippen molar-refractivity contribution in [1.29, 1.82) is 0 Å². The molecule has 6 nitrogen and oxygen atoms in total. The number of amides is 1. The molecule has 0 saturated carbocycles. The number of esters is 1. The van der Waals surface area contributed by atoms with E-state index in [4.69, 9.17) is 9.84 Å². The summed E-state index contributed by atoms with van der Waals surface area (Å²) < 4.78 is 18.0. The SMILES string of the molecule is CC(C)(C)OC(=O)C(=O)N1CC(F)CC1C(=O)O. The molecule has 1 saturated heterocycles. The smallest absolute Gasteiger partial charge is 0.397 e. The summed E-state index contributed by atoms with van der Waals surface area (Å²) in [6, 6.07) is -1.31. The molecule has 0 aromatic carbocycles. The van der Waals surface area contributed by atoms with E-state index in [0.717, 1.165) is 0 Å². The topological polar surface area (TPSA) is 83.9 Å². The fourth-order valence-corrected chi connectivity index (χ4v) is 1.68. The molecule has 1 aliphatic rings. The number of rotatable bonds is 1. The molecule has 0 aliphatic carbocycles. The lowest BCUT2D eigenvalue weighted by molar-refractivity contribution is -0.169. The van der Waals surface area contributed by atoms with Crippen LogP contribution < -0.4 is 0 Å². The number of ether oxygens (including phenoxy) is 1.